The Morgan fingerprint density at radius 3 is 2.75 bits per heavy atom. The fraction of sp³-hybridized carbons (Fsp3) is 0.412. The van der Waals surface area contributed by atoms with Gasteiger partial charge in [-0.2, -0.15) is 28.8 Å². The molecule has 1 aromatic heterocycles. The maximum absolute atomic E-state index is 12.5. The van der Waals surface area contributed by atoms with E-state index in [-0.39, 0.29) is 18.2 Å². The van der Waals surface area contributed by atoms with Crippen molar-refractivity contribution in [1.82, 2.24) is 20.6 Å². The van der Waals surface area contributed by atoms with Crippen LogP contribution in [-0.4, -0.2) is 46.4 Å². The Morgan fingerprint density at radius 1 is 1.36 bits per heavy atom. The van der Waals surface area contributed by atoms with Gasteiger partial charge in [0.05, 0.1) is 25.3 Å². The summed E-state index contributed by atoms with van der Waals surface area (Å²) in [7, 11) is 0. The van der Waals surface area contributed by atoms with Gasteiger partial charge >= 0.3 is 12.1 Å². The van der Waals surface area contributed by atoms with Crippen LogP contribution in [-0.2, 0) is 22.2 Å². The third-order valence-corrected chi connectivity index (χ3v) is 4.05. The molecule has 1 N–H and O–H groups in total. The molecule has 1 saturated heterocycles. The average Bonchev–Trinajstić information content (AvgIpc) is 3.32. The van der Waals surface area contributed by atoms with Gasteiger partial charge in [-0.3, -0.25) is 9.63 Å². The first-order valence-electron chi connectivity index (χ1n) is 8.57. The molecule has 11 heteroatoms. The largest absolute Gasteiger partial charge is 0.471 e. The van der Waals surface area contributed by atoms with Crippen LogP contribution in [0.1, 0.15) is 24.8 Å². The maximum atomic E-state index is 12.5. The minimum absolute atomic E-state index is 0.0618. The number of carbonyl (C=O) groups is 1. The number of nitrogens with one attached hydrogen (secondary N) is 1. The Morgan fingerprint density at radius 2 is 2.11 bits per heavy atom. The van der Waals surface area contributed by atoms with Crippen molar-refractivity contribution in [1.29, 1.82) is 0 Å². The van der Waals surface area contributed by atoms with E-state index in [0.29, 0.717) is 31.7 Å². The van der Waals surface area contributed by atoms with Crippen LogP contribution in [0.15, 0.2) is 33.9 Å². The molecule has 0 bridgehead atoms. The highest BCUT2D eigenvalue weighted by atomic mass is 19.4. The molecule has 1 aromatic carbocycles. The minimum atomic E-state index is -4.69. The van der Waals surface area contributed by atoms with Gasteiger partial charge in [0, 0.05) is 18.5 Å². The van der Waals surface area contributed by atoms with Crippen LogP contribution in [0.2, 0.25) is 0 Å². The van der Waals surface area contributed by atoms with Crippen molar-refractivity contribution in [3.05, 3.63) is 35.7 Å². The Kier molecular flexibility index (Phi) is 5.93. The van der Waals surface area contributed by atoms with Gasteiger partial charge in [-0.05, 0) is 12.5 Å². The van der Waals surface area contributed by atoms with E-state index in [9.17, 15) is 18.0 Å². The first-order valence-corrected chi connectivity index (χ1v) is 8.57. The number of amides is 1. The molecule has 0 unspecified atom stereocenters. The molecule has 150 valence electrons. The molecular formula is C17H18F3N5O3. The fourth-order valence-electron chi connectivity index (χ4n) is 2.62. The Labute approximate surface area is 158 Å². The third kappa shape index (κ3) is 4.85. The van der Waals surface area contributed by atoms with Crippen LogP contribution in [0, 0.1) is 0 Å². The predicted molar refractivity (Wildman–Crippen MR) is 91.8 cm³/mol. The number of carbonyl (C=O) groups excluding carboxylic acids is 1. The van der Waals surface area contributed by atoms with Gasteiger partial charge in [-0.15, -0.1) is 0 Å². The van der Waals surface area contributed by atoms with E-state index in [1.54, 1.807) is 29.2 Å². The zero-order valence-corrected chi connectivity index (χ0v) is 15.0. The molecule has 2 aromatic rings. The van der Waals surface area contributed by atoms with Crippen LogP contribution < -0.4 is 5.59 Å². The average molecular weight is 397 g/mol. The van der Waals surface area contributed by atoms with Gasteiger partial charge in [0.15, 0.2) is 0 Å². The normalized spacial score (nSPS) is 16.0. The number of rotatable bonds is 6. The topological polar surface area (TPSA) is 92.8 Å². The number of nitrogens with zero attached hydrogens (tertiary/aromatic N) is 4. The standard InChI is InChI=1S/C17H18F3N5O3/c1-2-27-24-22-13-7-8-25(10-13)14(26)9-11-3-5-12(6-4-11)15-21-16(28-23-15)17(18,19)20/h3-6,24H,2,7-10H2,1H3/b22-13+. The summed E-state index contributed by atoms with van der Waals surface area (Å²) in [6.07, 6.45) is -3.84. The zero-order valence-electron chi connectivity index (χ0n) is 15.0. The molecule has 1 aliphatic rings. The van der Waals surface area contributed by atoms with Gasteiger partial charge in [-0.25, -0.2) is 0 Å². The second-order valence-electron chi connectivity index (χ2n) is 6.06. The molecule has 1 aliphatic heterocycles. The van der Waals surface area contributed by atoms with E-state index in [2.05, 4.69) is 25.4 Å². The molecule has 3 rings (SSSR count). The Bertz CT molecular complexity index is 848. The summed E-state index contributed by atoms with van der Waals surface area (Å²) in [6.45, 7) is 3.32. The first-order chi connectivity index (χ1) is 13.4. The molecule has 2 heterocycles. The fourth-order valence-corrected chi connectivity index (χ4v) is 2.62. The summed E-state index contributed by atoms with van der Waals surface area (Å²) < 4.78 is 41.8. The summed E-state index contributed by atoms with van der Waals surface area (Å²) in [5.74, 6) is -1.62. The van der Waals surface area contributed by atoms with Crippen molar-refractivity contribution in [3.63, 3.8) is 0 Å². The van der Waals surface area contributed by atoms with Crippen LogP contribution in [0.4, 0.5) is 13.2 Å². The monoisotopic (exact) mass is 397 g/mol. The number of hydrogen-bond acceptors (Lipinski definition) is 7. The van der Waals surface area contributed by atoms with Crippen LogP contribution in [0.5, 0.6) is 0 Å². The van der Waals surface area contributed by atoms with E-state index >= 15 is 0 Å². The lowest BCUT2D eigenvalue weighted by Gasteiger charge is -2.14. The first kappa shape index (κ1) is 19.8. The zero-order chi connectivity index (χ0) is 20.1. The lowest BCUT2D eigenvalue weighted by molar-refractivity contribution is -0.159. The van der Waals surface area contributed by atoms with Crippen molar-refractivity contribution in [2.75, 3.05) is 19.7 Å². The molecule has 0 atom stereocenters. The number of hydrazone groups is 1. The van der Waals surface area contributed by atoms with Gasteiger partial charge < -0.3 is 9.42 Å². The molecule has 0 saturated carbocycles. The van der Waals surface area contributed by atoms with E-state index < -0.39 is 12.1 Å². The SMILES string of the molecule is CCON/N=C1\CCN(C(=O)Cc2ccc(-c3noc(C(F)(F)F)n3)cc2)C1. The Hall–Kier alpha value is -2.95. The van der Waals surface area contributed by atoms with E-state index in [1.807, 2.05) is 6.92 Å². The molecule has 1 fully saturated rings. The van der Waals surface area contributed by atoms with Crippen molar-refractivity contribution in [2.24, 2.45) is 5.10 Å². The quantitative estimate of drug-likeness (QED) is 0.595. The molecule has 0 aliphatic carbocycles. The number of benzene rings is 1. The molecule has 0 spiro atoms. The van der Waals surface area contributed by atoms with E-state index in [1.165, 1.54) is 0 Å². The molecule has 28 heavy (non-hydrogen) atoms. The van der Waals surface area contributed by atoms with Crippen LogP contribution in [0.25, 0.3) is 11.4 Å². The van der Waals surface area contributed by atoms with Crippen molar-refractivity contribution in [3.8, 4) is 11.4 Å². The predicted octanol–water partition coefficient (Wildman–Crippen LogP) is 2.43. The van der Waals surface area contributed by atoms with Gasteiger partial charge in [0.25, 0.3) is 0 Å². The van der Waals surface area contributed by atoms with Gasteiger partial charge in [-0.1, -0.05) is 29.4 Å². The van der Waals surface area contributed by atoms with Crippen molar-refractivity contribution >= 4 is 11.6 Å². The second kappa shape index (κ2) is 8.38. The smallest absolute Gasteiger partial charge is 0.336 e. The number of halogens is 3. The summed E-state index contributed by atoms with van der Waals surface area (Å²) in [5.41, 5.74) is 4.40. The van der Waals surface area contributed by atoms with Gasteiger partial charge in [0.2, 0.25) is 11.7 Å². The highest BCUT2D eigenvalue weighted by Crippen LogP contribution is 2.29. The Balaban J connectivity index is 1.58. The van der Waals surface area contributed by atoms with Crippen molar-refractivity contribution in [2.45, 2.75) is 25.9 Å². The molecule has 8 nitrogen and oxygen atoms in total. The summed E-state index contributed by atoms with van der Waals surface area (Å²) in [5, 5.41) is 7.40. The van der Waals surface area contributed by atoms with E-state index in [0.717, 1.165) is 11.3 Å². The van der Waals surface area contributed by atoms with Gasteiger partial charge in [0.1, 0.15) is 0 Å². The second-order valence-corrected chi connectivity index (χ2v) is 6.06. The molecular weight excluding hydrogens is 379 g/mol. The summed E-state index contributed by atoms with van der Waals surface area (Å²) in [6, 6.07) is 6.41. The summed E-state index contributed by atoms with van der Waals surface area (Å²) >= 11 is 0. The maximum Gasteiger partial charge on any atom is 0.471 e. The minimum Gasteiger partial charge on any atom is -0.336 e. The third-order valence-electron chi connectivity index (χ3n) is 4.05. The van der Waals surface area contributed by atoms with Crippen LogP contribution in [0.3, 0.4) is 0 Å². The number of alkyl halides is 3. The highest BCUT2D eigenvalue weighted by Gasteiger charge is 2.38. The highest BCUT2D eigenvalue weighted by molar-refractivity contribution is 5.93. The molecule has 0 radical (unpaired) electrons. The number of likely N-dealkylation sites (tertiary alicyclic amines) is 1. The summed E-state index contributed by atoms with van der Waals surface area (Å²) in [4.78, 5) is 22.4. The van der Waals surface area contributed by atoms with Crippen molar-refractivity contribution < 1.29 is 27.3 Å². The lowest BCUT2D eigenvalue weighted by Crippen LogP contribution is -2.30. The number of hydrogen-bond donors (Lipinski definition) is 1. The van der Waals surface area contributed by atoms with Crippen LogP contribution >= 0.6 is 0 Å². The van der Waals surface area contributed by atoms with E-state index in [4.69, 9.17) is 4.84 Å². The lowest BCUT2D eigenvalue weighted by atomic mass is 10.1. The molecule has 1 amide bonds. The number of aromatic nitrogens is 2.